The maximum atomic E-state index is 10.9. The molecular weight excluding hydrogens is 256 g/mol. The Bertz CT molecular complexity index is 726. The highest BCUT2D eigenvalue weighted by molar-refractivity contribution is 5.71. The van der Waals surface area contributed by atoms with Crippen LogP contribution in [0.15, 0.2) is 12.1 Å². The first-order chi connectivity index (χ1) is 9.42. The molecule has 0 fully saturated rings. The van der Waals surface area contributed by atoms with Crippen molar-refractivity contribution in [2.24, 2.45) is 0 Å². The Hall–Kier alpha value is -2.68. The van der Waals surface area contributed by atoms with E-state index >= 15 is 0 Å². The number of rotatable bonds is 3. The molecule has 0 saturated carbocycles. The number of hydrogen-bond acceptors (Lipinski definition) is 4. The number of aliphatic carboxylic acids is 1. The van der Waals surface area contributed by atoms with Crippen molar-refractivity contribution in [3.8, 4) is 11.9 Å². The lowest BCUT2D eigenvalue weighted by molar-refractivity contribution is -0.136. The first-order valence-electron chi connectivity index (χ1n) is 6.08. The number of aryl methyl sites for hydroxylation is 2. The quantitative estimate of drug-likeness (QED) is 0.916. The van der Waals surface area contributed by atoms with Crippen molar-refractivity contribution in [2.45, 2.75) is 27.2 Å². The van der Waals surface area contributed by atoms with Gasteiger partial charge in [-0.05, 0) is 26.8 Å². The fraction of sp³-hybridized carbons (Fsp3) is 0.286. The van der Waals surface area contributed by atoms with Gasteiger partial charge in [-0.3, -0.25) is 4.79 Å². The lowest BCUT2D eigenvalue weighted by Gasteiger charge is -2.05. The van der Waals surface area contributed by atoms with E-state index in [2.05, 4.69) is 16.2 Å². The van der Waals surface area contributed by atoms with Crippen LogP contribution in [0.25, 0.3) is 5.82 Å². The summed E-state index contributed by atoms with van der Waals surface area (Å²) in [5.74, 6) is -0.371. The lowest BCUT2D eigenvalue weighted by atomic mass is 10.1. The number of carboxylic acid groups (broad SMARTS) is 1. The summed E-state index contributed by atoms with van der Waals surface area (Å²) >= 11 is 0. The second-order valence-electron chi connectivity index (χ2n) is 4.60. The van der Waals surface area contributed by atoms with Gasteiger partial charge in [0.25, 0.3) is 0 Å². The van der Waals surface area contributed by atoms with Crippen LogP contribution >= 0.6 is 0 Å². The monoisotopic (exact) mass is 270 g/mol. The predicted molar refractivity (Wildman–Crippen MR) is 71.6 cm³/mol. The number of carboxylic acids is 1. The standard InChI is InChI=1S/C14H14N4O2/c1-8-4-11(7-15)5-13(16-8)18-10(3)12(6-14(19)20)9(2)17-18/h4-5H,6H2,1-3H3,(H,19,20). The van der Waals surface area contributed by atoms with E-state index < -0.39 is 5.97 Å². The number of pyridine rings is 1. The van der Waals surface area contributed by atoms with Crippen LogP contribution in [0, 0.1) is 32.1 Å². The molecule has 0 aromatic carbocycles. The average Bonchev–Trinajstić information content (AvgIpc) is 2.65. The maximum Gasteiger partial charge on any atom is 0.307 e. The topological polar surface area (TPSA) is 91.8 Å². The van der Waals surface area contributed by atoms with E-state index in [0.29, 0.717) is 28.3 Å². The van der Waals surface area contributed by atoms with Gasteiger partial charge < -0.3 is 5.11 Å². The molecule has 0 aliphatic rings. The Balaban J connectivity index is 2.57. The largest absolute Gasteiger partial charge is 0.481 e. The number of nitrogens with zero attached hydrogens (tertiary/aromatic N) is 4. The Morgan fingerprint density at radius 2 is 2.10 bits per heavy atom. The molecule has 0 spiro atoms. The summed E-state index contributed by atoms with van der Waals surface area (Å²) in [4.78, 5) is 15.2. The van der Waals surface area contributed by atoms with Gasteiger partial charge in [0.15, 0.2) is 5.82 Å². The van der Waals surface area contributed by atoms with Gasteiger partial charge in [0.05, 0.1) is 23.7 Å². The van der Waals surface area contributed by atoms with E-state index in [4.69, 9.17) is 10.4 Å². The number of nitriles is 1. The second-order valence-corrected chi connectivity index (χ2v) is 4.60. The molecule has 20 heavy (non-hydrogen) atoms. The third-order valence-corrected chi connectivity index (χ3v) is 3.06. The van der Waals surface area contributed by atoms with Crippen LogP contribution in [-0.2, 0) is 11.2 Å². The van der Waals surface area contributed by atoms with Gasteiger partial charge in [0.1, 0.15) is 0 Å². The minimum atomic E-state index is -0.898. The first kappa shape index (κ1) is 13.7. The number of aromatic nitrogens is 3. The molecule has 0 radical (unpaired) electrons. The van der Waals surface area contributed by atoms with Crippen molar-refractivity contribution in [1.82, 2.24) is 14.8 Å². The minimum absolute atomic E-state index is 0.0748. The van der Waals surface area contributed by atoms with Crippen molar-refractivity contribution in [3.63, 3.8) is 0 Å². The summed E-state index contributed by atoms with van der Waals surface area (Å²) in [5.41, 5.74) is 3.28. The van der Waals surface area contributed by atoms with Crippen LogP contribution in [0.1, 0.15) is 28.2 Å². The van der Waals surface area contributed by atoms with E-state index in [1.165, 1.54) is 0 Å². The molecule has 0 atom stereocenters. The highest BCUT2D eigenvalue weighted by Crippen LogP contribution is 2.18. The maximum absolute atomic E-state index is 10.9. The van der Waals surface area contributed by atoms with Gasteiger partial charge in [0, 0.05) is 23.0 Å². The van der Waals surface area contributed by atoms with E-state index in [1.54, 1.807) is 37.6 Å². The molecule has 0 saturated heterocycles. The fourth-order valence-corrected chi connectivity index (χ4v) is 2.13. The Kier molecular flexibility index (Phi) is 3.53. The summed E-state index contributed by atoms with van der Waals surface area (Å²) in [6, 6.07) is 5.40. The van der Waals surface area contributed by atoms with Crippen molar-refractivity contribution in [1.29, 1.82) is 5.26 Å². The number of hydrogen-bond donors (Lipinski definition) is 1. The Morgan fingerprint density at radius 3 is 2.70 bits per heavy atom. The number of carbonyl (C=O) groups is 1. The molecule has 6 nitrogen and oxygen atoms in total. The molecule has 2 heterocycles. The van der Waals surface area contributed by atoms with E-state index in [-0.39, 0.29) is 6.42 Å². The SMILES string of the molecule is Cc1cc(C#N)cc(-n2nc(C)c(CC(=O)O)c2C)n1. The Labute approximate surface area is 116 Å². The molecule has 102 valence electrons. The first-order valence-corrected chi connectivity index (χ1v) is 6.08. The average molecular weight is 270 g/mol. The van der Waals surface area contributed by atoms with Gasteiger partial charge in [-0.15, -0.1) is 0 Å². The van der Waals surface area contributed by atoms with Gasteiger partial charge in [-0.1, -0.05) is 0 Å². The molecule has 1 N–H and O–H groups in total. The predicted octanol–water partition coefficient (Wildman–Crippen LogP) is 1.69. The van der Waals surface area contributed by atoms with Gasteiger partial charge in [0.2, 0.25) is 0 Å². The summed E-state index contributed by atoms with van der Waals surface area (Å²) in [5, 5.41) is 22.3. The molecule has 0 unspecified atom stereocenters. The normalized spacial score (nSPS) is 10.3. The third kappa shape index (κ3) is 2.52. The van der Waals surface area contributed by atoms with E-state index in [9.17, 15) is 4.79 Å². The van der Waals surface area contributed by atoms with Gasteiger partial charge in [-0.2, -0.15) is 10.4 Å². The molecule has 0 aliphatic carbocycles. The van der Waals surface area contributed by atoms with Crippen LogP contribution in [-0.4, -0.2) is 25.8 Å². The zero-order valence-electron chi connectivity index (χ0n) is 11.5. The molecule has 0 aliphatic heterocycles. The van der Waals surface area contributed by atoms with Gasteiger partial charge in [-0.25, -0.2) is 9.67 Å². The molecule has 2 rings (SSSR count). The van der Waals surface area contributed by atoms with Crippen molar-refractivity contribution < 1.29 is 9.90 Å². The van der Waals surface area contributed by atoms with E-state index in [0.717, 1.165) is 5.69 Å². The second kappa shape index (κ2) is 5.13. The molecule has 2 aromatic rings. The van der Waals surface area contributed by atoms with Crippen LogP contribution < -0.4 is 0 Å². The minimum Gasteiger partial charge on any atom is -0.481 e. The van der Waals surface area contributed by atoms with Crippen molar-refractivity contribution >= 4 is 5.97 Å². The lowest BCUT2D eigenvalue weighted by Crippen LogP contribution is -2.05. The highest BCUT2D eigenvalue weighted by Gasteiger charge is 2.16. The summed E-state index contributed by atoms with van der Waals surface area (Å²) in [6.45, 7) is 5.37. The van der Waals surface area contributed by atoms with Crippen molar-refractivity contribution in [2.75, 3.05) is 0 Å². The molecule has 2 aromatic heterocycles. The molecule has 0 bridgehead atoms. The summed E-state index contributed by atoms with van der Waals surface area (Å²) in [7, 11) is 0. The highest BCUT2D eigenvalue weighted by atomic mass is 16.4. The molecule has 6 heteroatoms. The molecular formula is C14H14N4O2. The van der Waals surface area contributed by atoms with Crippen LogP contribution in [0.3, 0.4) is 0 Å². The van der Waals surface area contributed by atoms with Crippen LogP contribution in [0.4, 0.5) is 0 Å². The zero-order valence-corrected chi connectivity index (χ0v) is 11.5. The summed E-state index contributed by atoms with van der Waals surface area (Å²) in [6.07, 6.45) is -0.0748. The summed E-state index contributed by atoms with van der Waals surface area (Å²) < 4.78 is 1.58. The van der Waals surface area contributed by atoms with Crippen LogP contribution in [0.5, 0.6) is 0 Å². The fourth-order valence-electron chi connectivity index (χ4n) is 2.13. The molecule has 0 amide bonds. The third-order valence-electron chi connectivity index (χ3n) is 3.06. The van der Waals surface area contributed by atoms with E-state index in [1.807, 2.05) is 0 Å². The smallest absolute Gasteiger partial charge is 0.307 e. The van der Waals surface area contributed by atoms with Crippen molar-refractivity contribution in [3.05, 3.63) is 40.3 Å². The Morgan fingerprint density at radius 1 is 1.40 bits per heavy atom. The van der Waals surface area contributed by atoms with Crippen LogP contribution in [0.2, 0.25) is 0 Å². The van der Waals surface area contributed by atoms with Gasteiger partial charge >= 0.3 is 5.97 Å². The zero-order chi connectivity index (χ0) is 14.9.